The van der Waals surface area contributed by atoms with E-state index in [2.05, 4.69) is 5.32 Å². The van der Waals surface area contributed by atoms with Crippen molar-refractivity contribution in [3.63, 3.8) is 0 Å². The van der Waals surface area contributed by atoms with Crippen LogP contribution in [-0.2, 0) is 28.5 Å². The van der Waals surface area contributed by atoms with Crippen molar-refractivity contribution in [2.75, 3.05) is 5.32 Å². The normalized spacial score (nSPS) is 37.0. The molecule has 1 aromatic carbocycles. The van der Waals surface area contributed by atoms with Crippen LogP contribution in [0.5, 0.6) is 5.75 Å². The Hall–Kier alpha value is -1.71. The number of benzene rings is 1. The predicted octanol–water partition coefficient (Wildman–Crippen LogP) is 1.73. The molecule has 4 rings (SSSR count). The van der Waals surface area contributed by atoms with Gasteiger partial charge in [-0.05, 0) is 39.8 Å². The number of rotatable bonds is 2. The number of hydrogen-bond donors (Lipinski definition) is 2. The number of hydrogen-bond acceptors (Lipinski definition) is 7. The molecule has 1 amide bonds. The number of carbonyl (C=O) groups is 1. The zero-order valence-electron chi connectivity index (χ0n) is 15.1. The largest absolute Gasteiger partial charge is 0.506 e. The molecule has 3 heterocycles. The van der Waals surface area contributed by atoms with Gasteiger partial charge in [0, 0.05) is 0 Å². The van der Waals surface area contributed by atoms with Crippen LogP contribution in [0.2, 0.25) is 0 Å². The van der Waals surface area contributed by atoms with Crippen LogP contribution in [-0.4, -0.2) is 53.3 Å². The molecule has 0 bridgehead atoms. The number of anilines is 1. The van der Waals surface area contributed by atoms with Crippen LogP contribution in [0.4, 0.5) is 5.69 Å². The summed E-state index contributed by atoms with van der Waals surface area (Å²) in [5.41, 5.74) is 0.293. The van der Waals surface area contributed by atoms with E-state index in [0.717, 1.165) is 0 Å². The summed E-state index contributed by atoms with van der Waals surface area (Å²) < 4.78 is 29.5. The number of amides is 1. The van der Waals surface area contributed by atoms with Crippen molar-refractivity contribution in [2.45, 2.75) is 70.0 Å². The molecule has 26 heavy (non-hydrogen) atoms. The van der Waals surface area contributed by atoms with Gasteiger partial charge in [0.05, 0.1) is 5.69 Å². The lowest BCUT2D eigenvalue weighted by atomic mass is 9.98. The maximum Gasteiger partial charge on any atom is 0.256 e. The Balaban J connectivity index is 1.59. The van der Waals surface area contributed by atoms with E-state index in [1.165, 1.54) is 6.07 Å². The lowest BCUT2D eigenvalue weighted by Crippen LogP contribution is -2.58. The Bertz CT molecular complexity index is 719. The van der Waals surface area contributed by atoms with E-state index in [-0.39, 0.29) is 5.75 Å². The molecule has 142 valence electrons. The molecular formula is C18H23NO7. The first-order valence-corrected chi connectivity index (χ1v) is 8.61. The Labute approximate surface area is 151 Å². The van der Waals surface area contributed by atoms with Gasteiger partial charge in [0.25, 0.3) is 5.91 Å². The van der Waals surface area contributed by atoms with Gasteiger partial charge in [-0.3, -0.25) is 4.79 Å². The second-order valence-electron chi connectivity index (χ2n) is 7.60. The third-order valence-corrected chi connectivity index (χ3v) is 4.57. The van der Waals surface area contributed by atoms with Crippen molar-refractivity contribution in [3.05, 3.63) is 24.3 Å². The molecule has 8 nitrogen and oxygen atoms in total. The SMILES string of the molecule is CC1(C)O[C@@H]2O[C@@H](C(=O)Nc3ccccc3O)[C@H]3OC(C)(C)O[C@H]3[C@H]2O1. The van der Waals surface area contributed by atoms with Crippen LogP contribution in [0.1, 0.15) is 27.7 Å². The first kappa shape index (κ1) is 17.7. The van der Waals surface area contributed by atoms with E-state index in [1.807, 2.05) is 0 Å². The average molecular weight is 365 g/mol. The number of ether oxygens (including phenoxy) is 5. The summed E-state index contributed by atoms with van der Waals surface area (Å²) in [6.07, 6.45) is -3.38. The molecule has 0 unspecified atom stereocenters. The fourth-order valence-electron chi connectivity index (χ4n) is 3.61. The number of carbonyl (C=O) groups excluding carboxylic acids is 1. The summed E-state index contributed by atoms with van der Waals surface area (Å²) in [7, 11) is 0. The first-order chi connectivity index (χ1) is 12.2. The molecule has 2 N–H and O–H groups in total. The number of para-hydroxylation sites is 2. The molecule has 0 saturated carbocycles. The molecule has 3 aliphatic heterocycles. The number of fused-ring (bicyclic) bond motifs is 3. The van der Waals surface area contributed by atoms with Crippen LogP contribution in [0.15, 0.2) is 24.3 Å². The van der Waals surface area contributed by atoms with Gasteiger partial charge in [-0.15, -0.1) is 0 Å². The van der Waals surface area contributed by atoms with Crippen molar-refractivity contribution >= 4 is 11.6 Å². The zero-order chi connectivity index (χ0) is 18.7. The second kappa shape index (κ2) is 5.90. The minimum Gasteiger partial charge on any atom is -0.506 e. The summed E-state index contributed by atoms with van der Waals surface area (Å²) in [5.74, 6) is -2.21. The van der Waals surface area contributed by atoms with Crippen LogP contribution < -0.4 is 5.32 Å². The maximum atomic E-state index is 12.8. The molecule has 8 heteroatoms. The molecule has 5 atom stereocenters. The van der Waals surface area contributed by atoms with Crippen LogP contribution in [0.25, 0.3) is 0 Å². The highest BCUT2D eigenvalue weighted by atomic mass is 16.9. The molecule has 0 aromatic heterocycles. The third-order valence-electron chi connectivity index (χ3n) is 4.57. The van der Waals surface area contributed by atoms with Gasteiger partial charge in [-0.2, -0.15) is 0 Å². The average Bonchev–Trinajstić information content (AvgIpc) is 3.02. The lowest BCUT2D eigenvalue weighted by molar-refractivity contribution is -0.229. The number of nitrogens with one attached hydrogen (secondary N) is 1. The molecular weight excluding hydrogens is 342 g/mol. The molecule has 0 spiro atoms. The standard InChI is InChI=1S/C18H23NO7/c1-17(2)23-11-12(24-17)14-16(26-18(3,4)25-14)22-13(11)15(21)19-9-7-5-6-8-10(9)20/h5-8,11-14,16,20H,1-4H3,(H,19,21)/t11-,12+,13+,14+,16-/m0/s1. The maximum absolute atomic E-state index is 12.8. The number of aromatic hydroxyl groups is 1. The highest BCUT2D eigenvalue weighted by Crippen LogP contribution is 2.44. The van der Waals surface area contributed by atoms with E-state index >= 15 is 0 Å². The van der Waals surface area contributed by atoms with E-state index in [9.17, 15) is 9.90 Å². The van der Waals surface area contributed by atoms with Crippen molar-refractivity contribution in [1.29, 1.82) is 0 Å². The van der Waals surface area contributed by atoms with E-state index in [1.54, 1.807) is 45.9 Å². The van der Waals surface area contributed by atoms with Gasteiger partial charge >= 0.3 is 0 Å². The highest BCUT2D eigenvalue weighted by Gasteiger charge is 2.62. The summed E-state index contributed by atoms with van der Waals surface area (Å²) in [4.78, 5) is 12.8. The summed E-state index contributed by atoms with van der Waals surface area (Å²) in [6, 6.07) is 6.48. The van der Waals surface area contributed by atoms with Crippen molar-refractivity contribution < 1.29 is 33.6 Å². The number of phenolic OH excluding ortho intramolecular Hbond substituents is 1. The minimum absolute atomic E-state index is 0.0309. The summed E-state index contributed by atoms with van der Waals surface area (Å²) >= 11 is 0. The molecule has 0 aliphatic carbocycles. The first-order valence-electron chi connectivity index (χ1n) is 8.61. The Kier molecular flexibility index (Phi) is 4.01. The van der Waals surface area contributed by atoms with Gasteiger partial charge < -0.3 is 34.1 Å². The highest BCUT2D eigenvalue weighted by molar-refractivity contribution is 5.96. The molecule has 0 radical (unpaired) electrons. The molecule has 3 saturated heterocycles. The van der Waals surface area contributed by atoms with E-state index in [4.69, 9.17) is 23.7 Å². The summed E-state index contributed by atoms with van der Waals surface area (Å²) in [6.45, 7) is 7.11. The van der Waals surface area contributed by atoms with Crippen LogP contribution >= 0.6 is 0 Å². The predicted molar refractivity (Wildman–Crippen MR) is 89.3 cm³/mol. The molecule has 3 fully saturated rings. The number of phenols is 1. The van der Waals surface area contributed by atoms with Crippen molar-refractivity contribution in [3.8, 4) is 5.75 Å². The second-order valence-corrected chi connectivity index (χ2v) is 7.60. The van der Waals surface area contributed by atoms with E-state index < -0.39 is 48.2 Å². The summed E-state index contributed by atoms with van der Waals surface area (Å²) in [5, 5.41) is 12.6. The monoisotopic (exact) mass is 365 g/mol. The fourth-order valence-corrected chi connectivity index (χ4v) is 3.61. The smallest absolute Gasteiger partial charge is 0.256 e. The lowest BCUT2D eigenvalue weighted by Gasteiger charge is -2.36. The Morgan fingerprint density at radius 2 is 1.58 bits per heavy atom. The van der Waals surface area contributed by atoms with Gasteiger partial charge in [-0.25, -0.2) is 0 Å². The topological polar surface area (TPSA) is 95.5 Å². The Morgan fingerprint density at radius 1 is 0.962 bits per heavy atom. The fraction of sp³-hybridized carbons (Fsp3) is 0.611. The third kappa shape index (κ3) is 3.08. The minimum atomic E-state index is -0.972. The van der Waals surface area contributed by atoms with E-state index in [0.29, 0.717) is 5.69 Å². The molecule has 3 aliphatic rings. The van der Waals surface area contributed by atoms with Crippen molar-refractivity contribution in [2.24, 2.45) is 0 Å². The van der Waals surface area contributed by atoms with Crippen LogP contribution in [0.3, 0.4) is 0 Å². The van der Waals surface area contributed by atoms with Gasteiger partial charge in [0.2, 0.25) is 0 Å². The molecule has 1 aromatic rings. The Morgan fingerprint density at radius 3 is 2.31 bits per heavy atom. The van der Waals surface area contributed by atoms with Crippen molar-refractivity contribution in [1.82, 2.24) is 0 Å². The quantitative estimate of drug-likeness (QED) is 0.771. The van der Waals surface area contributed by atoms with Gasteiger partial charge in [0.1, 0.15) is 24.1 Å². The van der Waals surface area contributed by atoms with Gasteiger partial charge in [-0.1, -0.05) is 12.1 Å². The van der Waals surface area contributed by atoms with Gasteiger partial charge in [0.15, 0.2) is 24.0 Å². The van der Waals surface area contributed by atoms with Crippen LogP contribution in [0, 0.1) is 0 Å². The zero-order valence-corrected chi connectivity index (χ0v) is 15.1.